The van der Waals surface area contributed by atoms with E-state index in [1.807, 2.05) is 25.2 Å². The summed E-state index contributed by atoms with van der Waals surface area (Å²) >= 11 is 13.9. The Bertz CT molecular complexity index is 970. The normalized spacial score (nSPS) is 14.2. The lowest BCUT2D eigenvalue weighted by molar-refractivity contribution is 0.311. The lowest BCUT2D eigenvalue weighted by Gasteiger charge is -2.16. The van der Waals surface area contributed by atoms with Gasteiger partial charge in [0.05, 0.1) is 22.0 Å². The van der Waals surface area contributed by atoms with Crippen molar-refractivity contribution in [2.24, 2.45) is 0 Å². The smallest absolute Gasteiger partial charge is 0.146 e. The Morgan fingerprint density at radius 2 is 1.92 bits per heavy atom. The van der Waals surface area contributed by atoms with Gasteiger partial charge in [0.15, 0.2) is 0 Å². The highest BCUT2D eigenvalue weighted by molar-refractivity contribution is 7.19. The molecule has 0 amide bonds. The van der Waals surface area contributed by atoms with E-state index in [9.17, 15) is 0 Å². The molecule has 3 aromatic rings. The van der Waals surface area contributed by atoms with Crippen molar-refractivity contribution in [1.82, 2.24) is 14.9 Å². The molecule has 0 spiro atoms. The maximum Gasteiger partial charge on any atom is 0.146 e. The monoisotopic (exact) mass is 406 g/mol. The van der Waals surface area contributed by atoms with Gasteiger partial charge in [-0.15, -0.1) is 11.3 Å². The number of nitrogens with two attached hydrogens (primary N) is 1. The van der Waals surface area contributed by atoms with Crippen LogP contribution in [0.5, 0.6) is 0 Å². The molecule has 0 saturated carbocycles. The van der Waals surface area contributed by atoms with E-state index in [4.69, 9.17) is 33.9 Å². The predicted octanol–water partition coefficient (Wildman–Crippen LogP) is 5.09. The summed E-state index contributed by atoms with van der Waals surface area (Å²) in [5, 5.41) is 2.23. The maximum absolute atomic E-state index is 6.30. The molecule has 0 saturated heterocycles. The molecule has 0 aliphatic heterocycles. The summed E-state index contributed by atoms with van der Waals surface area (Å²) < 4.78 is 0. The lowest BCUT2D eigenvalue weighted by Crippen LogP contribution is -2.19. The maximum atomic E-state index is 6.30. The number of fused-ring (bicyclic) bond motifs is 3. The van der Waals surface area contributed by atoms with E-state index >= 15 is 0 Å². The van der Waals surface area contributed by atoms with Crippen molar-refractivity contribution in [2.45, 2.75) is 38.8 Å². The van der Waals surface area contributed by atoms with E-state index in [1.165, 1.54) is 23.3 Å². The van der Waals surface area contributed by atoms with E-state index in [0.717, 1.165) is 41.0 Å². The van der Waals surface area contributed by atoms with Gasteiger partial charge in [-0.2, -0.15) is 0 Å². The van der Waals surface area contributed by atoms with Crippen LogP contribution in [-0.4, -0.2) is 21.9 Å². The minimum absolute atomic E-state index is 0.571. The number of benzene rings is 1. The Balaban J connectivity index is 1.55. The fourth-order valence-electron chi connectivity index (χ4n) is 3.55. The molecule has 0 radical (unpaired) electrons. The van der Waals surface area contributed by atoms with E-state index in [2.05, 4.69) is 9.88 Å². The molecule has 7 heteroatoms. The minimum Gasteiger partial charge on any atom is -0.383 e. The first-order chi connectivity index (χ1) is 12.5. The lowest BCUT2D eigenvalue weighted by atomic mass is 9.97. The standard InChI is InChI=1S/C19H20Cl2N4S/c1-25(9-11-6-7-13(20)14(21)8-11)10-16-23-18(22)17-12-4-2-3-5-15(12)26-19(17)24-16/h6-8H,2-5,9-10H2,1H3,(H2,22,23,24). The third-order valence-corrected chi connectivity index (χ3v) is 6.66. The van der Waals surface area contributed by atoms with Crippen molar-refractivity contribution < 1.29 is 0 Å². The summed E-state index contributed by atoms with van der Waals surface area (Å²) in [6, 6.07) is 5.70. The van der Waals surface area contributed by atoms with E-state index in [-0.39, 0.29) is 0 Å². The zero-order chi connectivity index (χ0) is 18.3. The topological polar surface area (TPSA) is 55.0 Å². The summed E-state index contributed by atoms with van der Waals surface area (Å²) in [6.45, 7) is 1.36. The summed E-state index contributed by atoms with van der Waals surface area (Å²) in [6.07, 6.45) is 4.72. The van der Waals surface area contributed by atoms with Crippen molar-refractivity contribution in [3.63, 3.8) is 0 Å². The predicted molar refractivity (Wildman–Crippen MR) is 110 cm³/mol. The minimum atomic E-state index is 0.571. The summed E-state index contributed by atoms with van der Waals surface area (Å²) in [4.78, 5) is 14.0. The molecule has 0 fully saturated rings. The van der Waals surface area contributed by atoms with Crippen LogP contribution in [0, 0.1) is 0 Å². The van der Waals surface area contributed by atoms with Gasteiger partial charge in [-0.25, -0.2) is 9.97 Å². The van der Waals surface area contributed by atoms with Gasteiger partial charge in [-0.1, -0.05) is 29.3 Å². The Kier molecular flexibility index (Phi) is 5.06. The number of anilines is 1. The van der Waals surface area contributed by atoms with Gasteiger partial charge in [-0.3, -0.25) is 4.90 Å². The molecule has 26 heavy (non-hydrogen) atoms. The van der Waals surface area contributed by atoms with Crippen LogP contribution < -0.4 is 5.73 Å². The first-order valence-corrected chi connectivity index (χ1v) is 10.3. The van der Waals surface area contributed by atoms with Crippen LogP contribution in [-0.2, 0) is 25.9 Å². The number of halogens is 2. The Morgan fingerprint density at radius 1 is 1.12 bits per heavy atom. The van der Waals surface area contributed by atoms with E-state index < -0.39 is 0 Å². The van der Waals surface area contributed by atoms with Gasteiger partial charge in [-0.05, 0) is 56.0 Å². The van der Waals surface area contributed by atoms with Crippen molar-refractivity contribution in [2.75, 3.05) is 12.8 Å². The number of rotatable bonds is 4. The first-order valence-electron chi connectivity index (χ1n) is 8.70. The van der Waals surface area contributed by atoms with Crippen LogP contribution in [0.25, 0.3) is 10.2 Å². The highest BCUT2D eigenvalue weighted by atomic mass is 35.5. The fraction of sp³-hybridized carbons (Fsp3) is 0.368. The first kappa shape index (κ1) is 18.0. The Hall–Kier alpha value is -1.40. The van der Waals surface area contributed by atoms with Crippen LogP contribution in [0.1, 0.15) is 34.7 Å². The molecule has 136 valence electrons. The number of hydrogen-bond acceptors (Lipinski definition) is 5. The van der Waals surface area contributed by atoms with Gasteiger partial charge in [0.25, 0.3) is 0 Å². The second-order valence-electron chi connectivity index (χ2n) is 6.84. The quantitative estimate of drug-likeness (QED) is 0.655. The highest BCUT2D eigenvalue weighted by Gasteiger charge is 2.20. The third kappa shape index (κ3) is 3.54. The fourth-order valence-corrected chi connectivity index (χ4v) is 5.16. The van der Waals surface area contributed by atoms with Crippen LogP contribution in [0.15, 0.2) is 18.2 Å². The zero-order valence-electron chi connectivity index (χ0n) is 14.6. The molecule has 2 aromatic heterocycles. The van der Waals surface area contributed by atoms with Crippen molar-refractivity contribution in [1.29, 1.82) is 0 Å². The van der Waals surface area contributed by atoms with Crippen LogP contribution >= 0.6 is 34.5 Å². The number of nitrogen functional groups attached to an aromatic ring is 1. The Labute approximate surface area is 167 Å². The second kappa shape index (κ2) is 7.31. The Morgan fingerprint density at radius 3 is 2.73 bits per heavy atom. The molecule has 0 bridgehead atoms. The molecule has 2 heterocycles. The molecule has 0 atom stereocenters. The highest BCUT2D eigenvalue weighted by Crippen LogP contribution is 2.37. The average Bonchev–Trinajstić information content (AvgIpc) is 2.96. The van der Waals surface area contributed by atoms with Gasteiger partial charge >= 0.3 is 0 Å². The van der Waals surface area contributed by atoms with Crippen LogP contribution in [0.4, 0.5) is 5.82 Å². The molecule has 4 rings (SSSR count). The molecule has 2 N–H and O–H groups in total. The van der Waals surface area contributed by atoms with Crippen molar-refractivity contribution in [3.8, 4) is 0 Å². The van der Waals surface area contributed by atoms with E-state index in [0.29, 0.717) is 22.4 Å². The zero-order valence-corrected chi connectivity index (χ0v) is 16.9. The number of thiophene rings is 1. The molecule has 1 aliphatic rings. The summed E-state index contributed by atoms with van der Waals surface area (Å²) in [5.41, 5.74) is 8.77. The third-order valence-electron chi connectivity index (χ3n) is 4.74. The number of aromatic nitrogens is 2. The molecule has 4 nitrogen and oxygen atoms in total. The SMILES string of the molecule is CN(Cc1ccc(Cl)c(Cl)c1)Cc1nc(N)c2c3c(sc2n1)CCCC3. The van der Waals surface area contributed by atoms with Crippen molar-refractivity contribution in [3.05, 3.63) is 50.1 Å². The van der Waals surface area contributed by atoms with Gasteiger partial charge in [0.1, 0.15) is 16.5 Å². The van der Waals surface area contributed by atoms with Crippen molar-refractivity contribution >= 4 is 50.6 Å². The average molecular weight is 407 g/mol. The second-order valence-corrected chi connectivity index (χ2v) is 8.73. The molecular formula is C19H20Cl2N4S. The largest absolute Gasteiger partial charge is 0.383 e. The number of aryl methyl sites for hydroxylation is 2. The molecule has 0 unspecified atom stereocenters. The van der Waals surface area contributed by atoms with E-state index in [1.54, 1.807) is 11.3 Å². The molecule has 1 aromatic carbocycles. The van der Waals surface area contributed by atoms with Crippen LogP contribution in [0.2, 0.25) is 10.0 Å². The van der Waals surface area contributed by atoms with Gasteiger partial charge in [0, 0.05) is 11.4 Å². The molecular weight excluding hydrogens is 387 g/mol. The number of hydrogen-bond donors (Lipinski definition) is 1. The van der Waals surface area contributed by atoms with Gasteiger partial charge < -0.3 is 5.73 Å². The summed E-state index contributed by atoms with van der Waals surface area (Å²) in [5.74, 6) is 1.38. The molecule has 1 aliphatic carbocycles. The summed E-state index contributed by atoms with van der Waals surface area (Å²) in [7, 11) is 2.03. The van der Waals surface area contributed by atoms with Crippen LogP contribution in [0.3, 0.4) is 0 Å². The van der Waals surface area contributed by atoms with Gasteiger partial charge in [0.2, 0.25) is 0 Å². The number of nitrogens with zero attached hydrogens (tertiary/aromatic N) is 3.